The standard InChI is InChI=1S/C12H13BrN4/c1-8-11(13)12(14-2)17-10(16-8)6-9-4-3-5-15-7-9/h3-5,7H,6H2,1-2H3,(H,14,16,17). The first kappa shape index (κ1) is 12.0. The minimum Gasteiger partial charge on any atom is -0.372 e. The van der Waals surface area contributed by atoms with Gasteiger partial charge >= 0.3 is 0 Å². The van der Waals surface area contributed by atoms with Gasteiger partial charge in [-0.2, -0.15) is 0 Å². The molecule has 88 valence electrons. The lowest BCUT2D eigenvalue weighted by Gasteiger charge is -2.08. The van der Waals surface area contributed by atoms with Crippen LogP contribution in [-0.2, 0) is 6.42 Å². The molecule has 0 unspecified atom stereocenters. The number of nitrogens with zero attached hydrogens (tertiary/aromatic N) is 3. The van der Waals surface area contributed by atoms with Crippen LogP contribution < -0.4 is 5.32 Å². The Kier molecular flexibility index (Phi) is 3.68. The first-order valence-electron chi connectivity index (χ1n) is 5.30. The van der Waals surface area contributed by atoms with Crippen molar-refractivity contribution in [2.24, 2.45) is 0 Å². The zero-order chi connectivity index (χ0) is 12.3. The van der Waals surface area contributed by atoms with Gasteiger partial charge in [0, 0.05) is 25.9 Å². The van der Waals surface area contributed by atoms with Crippen LogP contribution in [0.5, 0.6) is 0 Å². The summed E-state index contributed by atoms with van der Waals surface area (Å²) in [5, 5.41) is 3.05. The first-order chi connectivity index (χ1) is 8.20. The number of aryl methyl sites for hydroxylation is 1. The Labute approximate surface area is 109 Å². The highest BCUT2D eigenvalue weighted by molar-refractivity contribution is 9.10. The fourth-order valence-electron chi connectivity index (χ4n) is 1.55. The maximum absolute atomic E-state index is 4.45. The van der Waals surface area contributed by atoms with Crippen molar-refractivity contribution in [2.75, 3.05) is 12.4 Å². The summed E-state index contributed by atoms with van der Waals surface area (Å²) in [5.41, 5.74) is 2.04. The van der Waals surface area contributed by atoms with E-state index in [1.54, 1.807) is 6.20 Å². The molecular weight excluding hydrogens is 280 g/mol. The van der Waals surface area contributed by atoms with Gasteiger partial charge in [0.1, 0.15) is 11.6 Å². The summed E-state index contributed by atoms with van der Waals surface area (Å²) in [4.78, 5) is 13.0. The van der Waals surface area contributed by atoms with Crippen LogP contribution in [0.4, 0.5) is 5.82 Å². The molecule has 0 aliphatic carbocycles. The molecule has 0 atom stereocenters. The quantitative estimate of drug-likeness (QED) is 0.945. The third kappa shape index (κ3) is 2.79. The van der Waals surface area contributed by atoms with E-state index in [9.17, 15) is 0 Å². The Bertz CT molecular complexity index is 513. The van der Waals surface area contributed by atoms with Crippen molar-refractivity contribution in [1.29, 1.82) is 0 Å². The van der Waals surface area contributed by atoms with Crippen LogP contribution in [0, 0.1) is 6.92 Å². The third-order valence-electron chi connectivity index (χ3n) is 2.39. The van der Waals surface area contributed by atoms with Crippen LogP contribution in [0.25, 0.3) is 0 Å². The van der Waals surface area contributed by atoms with Crippen molar-refractivity contribution in [3.05, 3.63) is 46.1 Å². The van der Waals surface area contributed by atoms with Crippen molar-refractivity contribution >= 4 is 21.7 Å². The molecule has 5 heteroatoms. The number of hydrogen-bond acceptors (Lipinski definition) is 4. The predicted molar refractivity (Wildman–Crippen MR) is 71.1 cm³/mol. The molecule has 0 saturated heterocycles. The SMILES string of the molecule is CNc1nc(Cc2cccnc2)nc(C)c1Br. The van der Waals surface area contributed by atoms with Crippen LogP contribution in [0.15, 0.2) is 29.0 Å². The van der Waals surface area contributed by atoms with Crippen molar-refractivity contribution in [3.63, 3.8) is 0 Å². The van der Waals surface area contributed by atoms with E-state index in [0.717, 1.165) is 27.4 Å². The molecule has 2 heterocycles. The van der Waals surface area contributed by atoms with Crippen LogP contribution >= 0.6 is 15.9 Å². The molecular formula is C12H13BrN4. The molecule has 2 rings (SSSR count). The van der Waals surface area contributed by atoms with Gasteiger partial charge in [0.25, 0.3) is 0 Å². The minimum absolute atomic E-state index is 0.691. The van der Waals surface area contributed by atoms with Gasteiger partial charge in [-0.3, -0.25) is 4.98 Å². The monoisotopic (exact) mass is 292 g/mol. The second-order valence-electron chi connectivity index (χ2n) is 3.68. The van der Waals surface area contributed by atoms with E-state index >= 15 is 0 Å². The second kappa shape index (κ2) is 5.23. The first-order valence-corrected chi connectivity index (χ1v) is 6.09. The summed E-state index contributed by atoms with van der Waals surface area (Å²) in [5.74, 6) is 1.61. The summed E-state index contributed by atoms with van der Waals surface area (Å²) >= 11 is 3.46. The van der Waals surface area contributed by atoms with Crippen LogP contribution in [0.3, 0.4) is 0 Å². The molecule has 2 aromatic rings. The Balaban J connectivity index is 2.31. The van der Waals surface area contributed by atoms with Gasteiger partial charge in [-0.15, -0.1) is 0 Å². The Morgan fingerprint density at radius 1 is 1.35 bits per heavy atom. The number of nitrogens with one attached hydrogen (secondary N) is 1. The molecule has 17 heavy (non-hydrogen) atoms. The maximum Gasteiger partial charge on any atom is 0.144 e. The summed E-state index contributed by atoms with van der Waals surface area (Å²) in [6, 6.07) is 3.94. The third-order valence-corrected chi connectivity index (χ3v) is 3.33. The van der Waals surface area contributed by atoms with Gasteiger partial charge in [-0.1, -0.05) is 6.07 Å². The molecule has 0 fully saturated rings. The number of aromatic nitrogens is 3. The number of hydrogen-bond donors (Lipinski definition) is 1. The van der Waals surface area contributed by atoms with Gasteiger partial charge in [0.2, 0.25) is 0 Å². The molecule has 0 saturated carbocycles. The lowest BCUT2D eigenvalue weighted by atomic mass is 10.2. The Hall–Kier alpha value is -1.49. The van der Waals surface area contributed by atoms with Crippen molar-refractivity contribution in [3.8, 4) is 0 Å². The molecule has 0 radical (unpaired) electrons. The van der Waals surface area contributed by atoms with E-state index in [1.165, 1.54) is 0 Å². The van der Waals surface area contributed by atoms with E-state index in [1.807, 2.05) is 32.3 Å². The fraction of sp³-hybridized carbons (Fsp3) is 0.250. The normalized spacial score (nSPS) is 10.3. The highest BCUT2D eigenvalue weighted by Gasteiger charge is 2.08. The molecule has 0 amide bonds. The van der Waals surface area contributed by atoms with Gasteiger partial charge < -0.3 is 5.32 Å². The summed E-state index contributed by atoms with van der Waals surface area (Å²) in [7, 11) is 1.85. The zero-order valence-electron chi connectivity index (χ0n) is 9.74. The van der Waals surface area contributed by atoms with E-state index < -0.39 is 0 Å². The van der Waals surface area contributed by atoms with Gasteiger partial charge in [-0.25, -0.2) is 9.97 Å². The van der Waals surface area contributed by atoms with Crippen LogP contribution in [-0.4, -0.2) is 22.0 Å². The van der Waals surface area contributed by atoms with Crippen LogP contribution in [0.2, 0.25) is 0 Å². The minimum atomic E-state index is 0.691. The highest BCUT2D eigenvalue weighted by Crippen LogP contribution is 2.23. The lowest BCUT2D eigenvalue weighted by molar-refractivity contribution is 0.931. The van der Waals surface area contributed by atoms with Crippen LogP contribution in [0.1, 0.15) is 17.1 Å². The average Bonchev–Trinajstić information content (AvgIpc) is 2.35. The van der Waals surface area contributed by atoms with Gasteiger partial charge in [0.05, 0.1) is 10.2 Å². The smallest absolute Gasteiger partial charge is 0.144 e. The predicted octanol–water partition coefficient (Wildman–Crippen LogP) is 2.58. The Morgan fingerprint density at radius 2 is 2.18 bits per heavy atom. The molecule has 0 aromatic carbocycles. The van der Waals surface area contributed by atoms with Gasteiger partial charge in [-0.05, 0) is 34.5 Å². The molecule has 1 N–H and O–H groups in total. The van der Waals surface area contributed by atoms with Crippen molar-refractivity contribution in [1.82, 2.24) is 15.0 Å². The second-order valence-corrected chi connectivity index (χ2v) is 4.47. The molecule has 4 nitrogen and oxygen atoms in total. The van der Waals surface area contributed by atoms with E-state index in [0.29, 0.717) is 6.42 Å². The van der Waals surface area contributed by atoms with E-state index in [2.05, 4.69) is 36.2 Å². The number of anilines is 1. The highest BCUT2D eigenvalue weighted by atomic mass is 79.9. The maximum atomic E-state index is 4.45. The molecule has 0 aliphatic rings. The average molecular weight is 293 g/mol. The lowest BCUT2D eigenvalue weighted by Crippen LogP contribution is -2.04. The number of rotatable bonds is 3. The van der Waals surface area contributed by atoms with Gasteiger partial charge in [0.15, 0.2) is 0 Å². The summed E-state index contributed by atoms with van der Waals surface area (Å²) < 4.78 is 0.912. The number of halogens is 1. The van der Waals surface area contributed by atoms with Crippen molar-refractivity contribution in [2.45, 2.75) is 13.3 Å². The topological polar surface area (TPSA) is 50.7 Å². The van der Waals surface area contributed by atoms with E-state index in [4.69, 9.17) is 0 Å². The molecule has 0 aliphatic heterocycles. The summed E-state index contributed by atoms with van der Waals surface area (Å²) in [6.07, 6.45) is 4.28. The zero-order valence-corrected chi connectivity index (χ0v) is 11.3. The Morgan fingerprint density at radius 3 is 2.82 bits per heavy atom. The fourth-order valence-corrected chi connectivity index (χ4v) is 1.92. The molecule has 0 spiro atoms. The molecule has 0 bridgehead atoms. The van der Waals surface area contributed by atoms with Crippen molar-refractivity contribution < 1.29 is 0 Å². The summed E-state index contributed by atoms with van der Waals surface area (Å²) in [6.45, 7) is 1.96. The van der Waals surface area contributed by atoms with E-state index in [-0.39, 0.29) is 0 Å². The number of pyridine rings is 1. The molecule has 2 aromatic heterocycles. The largest absolute Gasteiger partial charge is 0.372 e.